The van der Waals surface area contributed by atoms with Gasteiger partial charge in [-0.3, -0.25) is 9.36 Å². The molecule has 0 fully saturated rings. The molecule has 1 aromatic heterocycles. The molecule has 0 saturated carbocycles. The van der Waals surface area contributed by atoms with Gasteiger partial charge in [-0.2, -0.15) is 13.2 Å². The average Bonchev–Trinajstić information content (AvgIpc) is 2.68. The van der Waals surface area contributed by atoms with Crippen molar-refractivity contribution < 1.29 is 18.0 Å². The van der Waals surface area contributed by atoms with Crippen LogP contribution in [0.3, 0.4) is 0 Å². The van der Waals surface area contributed by atoms with Crippen LogP contribution in [0, 0.1) is 0 Å². The van der Waals surface area contributed by atoms with E-state index in [4.69, 9.17) is 0 Å². The maximum atomic E-state index is 13.0. The van der Waals surface area contributed by atoms with Gasteiger partial charge in [0.2, 0.25) is 0 Å². The molecule has 28 heavy (non-hydrogen) atoms. The molecule has 1 N–H and O–H groups in total. The molecule has 4 rings (SSSR count). The Labute approximate surface area is 156 Å². The van der Waals surface area contributed by atoms with Crippen molar-refractivity contribution in [3.63, 3.8) is 0 Å². The predicted molar refractivity (Wildman–Crippen MR) is 102 cm³/mol. The van der Waals surface area contributed by atoms with Crippen molar-refractivity contribution in [2.45, 2.75) is 6.18 Å². The summed E-state index contributed by atoms with van der Waals surface area (Å²) in [6, 6.07) is 16.9. The summed E-state index contributed by atoms with van der Waals surface area (Å²) in [7, 11) is 0. The molecule has 0 radical (unpaired) electrons. The van der Waals surface area contributed by atoms with Crippen LogP contribution < -0.4 is 10.7 Å². The van der Waals surface area contributed by atoms with E-state index in [1.165, 1.54) is 16.7 Å². The maximum absolute atomic E-state index is 13.0. The number of benzene rings is 3. The van der Waals surface area contributed by atoms with Gasteiger partial charge < -0.3 is 5.32 Å². The lowest BCUT2D eigenvalue weighted by atomic mass is 10.1. The number of alkyl halides is 3. The standard InChI is InChI=1S/C21H13F3N2O2/c22-21(23,24)13-6-5-7-14(12-13)25-20(28)26-17-10-3-1-8-15(17)19(27)16-9-2-4-11-18(16)26/h1-12H,(H,25,28). The van der Waals surface area contributed by atoms with E-state index in [1.807, 2.05) is 0 Å². The summed E-state index contributed by atoms with van der Waals surface area (Å²) in [4.78, 5) is 25.7. The number of pyridine rings is 1. The Hall–Kier alpha value is -3.61. The van der Waals surface area contributed by atoms with Gasteiger partial charge in [-0.1, -0.05) is 30.3 Å². The molecule has 0 aliphatic heterocycles. The lowest BCUT2D eigenvalue weighted by Crippen LogP contribution is -2.23. The Morgan fingerprint density at radius 3 is 1.96 bits per heavy atom. The summed E-state index contributed by atoms with van der Waals surface area (Å²) < 4.78 is 40.1. The van der Waals surface area contributed by atoms with Gasteiger partial charge in [-0.25, -0.2) is 4.79 Å². The second kappa shape index (κ2) is 6.53. The Bertz CT molecular complexity index is 1220. The van der Waals surface area contributed by atoms with Gasteiger partial charge in [0.15, 0.2) is 5.43 Å². The fourth-order valence-electron chi connectivity index (χ4n) is 3.17. The van der Waals surface area contributed by atoms with E-state index in [0.717, 1.165) is 12.1 Å². The van der Waals surface area contributed by atoms with Crippen molar-refractivity contribution in [3.8, 4) is 0 Å². The van der Waals surface area contributed by atoms with Crippen LogP contribution in [-0.2, 0) is 6.18 Å². The van der Waals surface area contributed by atoms with Gasteiger partial charge in [0.05, 0.1) is 16.6 Å². The van der Waals surface area contributed by atoms with Crippen LogP contribution in [0.5, 0.6) is 0 Å². The molecule has 0 bridgehead atoms. The van der Waals surface area contributed by atoms with E-state index >= 15 is 0 Å². The highest BCUT2D eigenvalue weighted by Crippen LogP contribution is 2.31. The van der Waals surface area contributed by atoms with Crippen molar-refractivity contribution >= 4 is 33.5 Å². The third-order valence-corrected chi connectivity index (χ3v) is 4.42. The molecule has 7 heteroatoms. The molecular weight excluding hydrogens is 369 g/mol. The van der Waals surface area contributed by atoms with Crippen LogP contribution in [0.2, 0.25) is 0 Å². The molecule has 1 amide bonds. The van der Waals surface area contributed by atoms with Crippen molar-refractivity contribution in [2.24, 2.45) is 0 Å². The van der Waals surface area contributed by atoms with Crippen LogP contribution in [-0.4, -0.2) is 10.6 Å². The van der Waals surface area contributed by atoms with Gasteiger partial charge in [-0.15, -0.1) is 0 Å². The third-order valence-electron chi connectivity index (χ3n) is 4.42. The van der Waals surface area contributed by atoms with Crippen LogP contribution >= 0.6 is 0 Å². The molecule has 0 saturated heterocycles. The number of hydrogen-bond acceptors (Lipinski definition) is 2. The zero-order valence-corrected chi connectivity index (χ0v) is 14.3. The summed E-state index contributed by atoms with van der Waals surface area (Å²) in [5, 5.41) is 3.19. The molecule has 0 spiro atoms. The van der Waals surface area contributed by atoms with Gasteiger partial charge in [0.1, 0.15) is 0 Å². The summed E-state index contributed by atoms with van der Waals surface area (Å²) in [5.74, 6) is 0. The van der Waals surface area contributed by atoms with Gasteiger partial charge in [-0.05, 0) is 42.5 Å². The zero-order chi connectivity index (χ0) is 19.9. The average molecular weight is 382 g/mol. The highest BCUT2D eigenvalue weighted by atomic mass is 19.4. The molecule has 0 aliphatic rings. The molecule has 4 nitrogen and oxygen atoms in total. The van der Waals surface area contributed by atoms with Gasteiger partial charge >= 0.3 is 12.2 Å². The number of nitrogens with zero attached hydrogens (tertiary/aromatic N) is 1. The molecule has 3 aromatic carbocycles. The number of aromatic nitrogens is 1. The van der Waals surface area contributed by atoms with Crippen molar-refractivity contribution in [1.82, 2.24) is 4.57 Å². The normalized spacial score (nSPS) is 11.7. The van der Waals surface area contributed by atoms with Crippen molar-refractivity contribution in [1.29, 1.82) is 0 Å². The van der Waals surface area contributed by atoms with Crippen LogP contribution in [0.25, 0.3) is 21.8 Å². The molecule has 0 atom stereocenters. The van der Waals surface area contributed by atoms with Crippen molar-refractivity contribution in [3.05, 3.63) is 88.6 Å². The minimum Gasteiger partial charge on any atom is -0.307 e. The highest BCUT2D eigenvalue weighted by molar-refractivity contribution is 6.05. The number of halogens is 3. The van der Waals surface area contributed by atoms with E-state index < -0.39 is 17.8 Å². The summed E-state index contributed by atoms with van der Waals surface area (Å²) >= 11 is 0. The predicted octanol–water partition coefficient (Wildman–Crippen LogP) is 5.25. The fraction of sp³-hybridized carbons (Fsp3) is 0.0476. The molecule has 0 aliphatic carbocycles. The quantitative estimate of drug-likeness (QED) is 0.457. The highest BCUT2D eigenvalue weighted by Gasteiger charge is 2.30. The lowest BCUT2D eigenvalue weighted by Gasteiger charge is -2.15. The number of anilines is 1. The molecule has 4 aromatic rings. The maximum Gasteiger partial charge on any atom is 0.416 e. The SMILES string of the molecule is O=C(Nc1cccc(C(F)(F)F)c1)n1c2ccccc2c(=O)c2ccccc21. The first-order valence-electron chi connectivity index (χ1n) is 8.37. The largest absolute Gasteiger partial charge is 0.416 e. The minimum atomic E-state index is -4.52. The Morgan fingerprint density at radius 2 is 1.39 bits per heavy atom. The number of rotatable bonds is 1. The Balaban J connectivity index is 1.88. The smallest absolute Gasteiger partial charge is 0.307 e. The van der Waals surface area contributed by atoms with E-state index in [1.54, 1.807) is 48.5 Å². The van der Waals surface area contributed by atoms with Gasteiger partial charge in [0, 0.05) is 16.5 Å². The number of carbonyl (C=O) groups is 1. The van der Waals surface area contributed by atoms with Crippen LogP contribution in [0.4, 0.5) is 23.7 Å². The Kier molecular flexibility index (Phi) is 4.15. The number of fused-ring (bicyclic) bond motifs is 2. The van der Waals surface area contributed by atoms with E-state index in [-0.39, 0.29) is 11.1 Å². The summed E-state index contributed by atoms with van der Waals surface area (Å²) in [6.45, 7) is 0. The Morgan fingerprint density at radius 1 is 0.821 bits per heavy atom. The molecule has 1 heterocycles. The monoisotopic (exact) mass is 382 g/mol. The second-order valence-corrected chi connectivity index (χ2v) is 6.21. The van der Waals surface area contributed by atoms with E-state index in [2.05, 4.69) is 5.32 Å². The van der Waals surface area contributed by atoms with Crippen LogP contribution in [0.15, 0.2) is 77.6 Å². The number of carbonyl (C=O) groups excluding carboxylic acids is 1. The topological polar surface area (TPSA) is 51.1 Å². The minimum absolute atomic E-state index is 0.00619. The first-order chi connectivity index (χ1) is 13.4. The molecule has 140 valence electrons. The second-order valence-electron chi connectivity index (χ2n) is 6.21. The first-order valence-corrected chi connectivity index (χ1v) is 8.37. The van der Waals surface area contributed by atoms with Crippen molar-refractivity contribution in [2.75, 3.05) is 5.32 Å². The fourth-order valence-corrected chi connectivity index (χ4v) is 3.17. The van der Waals surface area contributed by atoms with Gasteiger partial charge in [0.25, 0.3) is 0 Å². The zero-order valence-electron chi connectivity index (χ0n) is 14.3. The summed E-state index contributed by atoms with van der Waals surface area (Å²) in [6.07, 6.45) is -4.52. The number of amides is 1. The van der Waals surface area contributed by atoms with E-state index in [0.29, 0.717) is 21.8 Å². The number of para-hydroxylation sites is 2. The third kappa shape index (κ3) is 3.00. The molecule has 0 unspecified atom stereocenters. The lowest BCUT2D eigenvalue weighted by molar-refractivity contribution is -0.137. The first kappa shape index (κ1) is 17.8. The number of hydrogen-bond donors (Lipinski definition) is 1. The summed E-state index contributed by atoms with van der Waals surface area (Å²) in [5.41, 5.74) is -0.327. The molecular formula is C21H13F3N2O2. The van der Waals surface area contributed by atoms with E-state index in [9.17, 15) is 22.8 Å². The number of nitrogens with one attached hydrogen (secondary N) is 1. The van der Waals surface area contributed by atoms with Crippen LogP contribution in [0.1, 0.15) is 5.56 Å².